The molecule has 6 heteroatoms. The maximum absolute atomic E-state index is 11.2. The number of carboxylic acids is 1. The first-order valence-corrected chi connectivity index (χ1v) is 6.06. The second-order valence-electron chi connectivity index (χ2n) is 3.78. The summed E-state index contributed by atoms with van der Waals surface area (Å²) >= 11 is 1.44. The highest BCUT2D eigenvalue weighted by Gasteiger charge is 2.32. The van der Waals surface area contributed by atoms with Crippen LogP contribution in [0.25, 0.3) is 0 Å². The molecule has 0 saturated carbocycles. The van der Waals surface area contributed by atoms with Gasteiger partial charge >= 0.3 is 5.97 Å². The first-order chi connectivity index (χ1) is 7.49. The fraction of sp³-hybridized carbons (Fsp3) is 0.600. The minimum atomic E-state index is -0.911. The lowest BCUT2D eigenvalue weighted by Gasteiger charge is -2.24. The van der Waals surface area contributed by atoms with Gasteiger partial charge in [-0.15, -0.1) is 0 Å². The molecule has 0 radical (unpaired) electrons. The van der Waals surface area contributed by atoms with Crippen LogP contribution in [0.1, 0.15) is 13.8 Å². The summed E-state index contributed by atoms with van der Waals surface area (Å²) in [7, 11) is 1.89. The predicted octanol–water partition coefficient (Wildman–Crippen LogP) is 0.965. The molecule has 1 unspecified atom stereocenters. The van der Waals surface area contributed by atoms with Gasteiger partial charge in [0, 0.05) is 25.2 Å². The van der Waals surface area contributed by atoms with Crippen LogP contribution in [0.4, 0.5) is 0 Å². The summed E-state index contributed by atoms with van der Waals surface area (Å²) in [5, 5.41) is 13.0. The first-order valence-electron chi connectivity index (χ1n) is 5.08. The Hall–Kier alpha value is -1.01. The summed E-state index contributed by atoms with van der Waals surface area (Å²) in [6, 6.07) is 0. The van der Waals surface area contributed by atoms with E-state index < -0.39 is 11.5 Å². The topological polar surface area (TPSA) is 67.2 Å². The number of likely N-dealkylation sites (N-methyl/N-ethyl adjacent to an activating group) is 1. The quantitative estimate of drug-likeness (QED) is 0.729. The third-order valence-electron chi connectivity index (χ3n) is 2.31. The van der Waals surface area contributed by atoms with Gasteiger partial charge in [-0.25, -0.2) is 4.98 Å². The molecule has 0 aromatic carbocycles. The molecule has 0 aliphatic carbocycles. The van der Waals surface area contributed by atoms with Crippen LogP contribution < -0.4 is 5.32 Å². The van der Waals surface area contributed by atoms with Crippen molar-refractivity contribution in [2.45, 2.75) is 24.5 Å². The maximum Gasteiger partial charge on any atom is 0.324 e. The van der Waals surface area contributed by atoms with Crippen LogP contribution in [0.3, 0.4) is 0 Å². The van der Waals surface area contributed by atoms with E-state index in [0.29, 0.717) is 12.3 Å². The van der Waals surface area contributed by atoms with Crippen LogP contribution in [-0.2, 0) is 11.8 Å². The Kier molecular flexibility index (Phi) is 4.37. The predicted molar refractivity (Wildman–Crippen MR) is 63.6 cm³/mol. The molecule has 1 rings (SSSR count). The average Bonchev–Trinajstić information content (AvgIpc) is 2.61. The summed E-state index contributed by atoms with van der Waals surface area (Å²) in [6.45, 7) is 4.21. The summed E-state index contributed by atoms with van der Waals surface area (Å²) < 4.78 is 1.87. The lowest BCUT2D eigenvalue weighted by molar-refractivity contribution is -0.143. The molecule has 1 atom stereocenters. The number of nitrogens with one attached hydrogen (secondary N) is 1. The Morgan fingerprint density at radius 1 is 1.75 bits per heavy atom. The molecule has 1 aromatic heterocycles. The lowest BCUT2D eigenvalue weighted by atomic mass is 10.1. The summed E-state index contributed by atoms with van der Waals surface area (Å²) in [5.41, 5.74) is -0.911. The number of carboxylic acid groups (broad SMARTS) is 1. The molecule has 0 aliphatic heterocycles. The van der Waals surface area contributed by atoms with Gasteiger partial charge in [-0.05, 0) is 13.5 Å². The Balaban J connectivity index is 2.64. The Bertz CT molecular complexity index is 367. The van der Waals surface area contributed by atoms with Gasteiger partial charge in [-0.1, -0.05) is 18.7 Å². The normalized spacial score (nSPS) is 14.7. The van der Waals surface area contributed by atoms with Crippen molar-refractivity contribution in [1.82, 2.24) is 14.9 Å². The molecule has 1 aromatic rings. The van der Waals surface area contributed by atoms with E-state index >= 15 is 0 Å². The fourth-order valence-electron chi connectivity index (χ4n) is 1.28. The van der Waals surface area contributed by atoms with Crippen LogP contribution in [0, 0.1) is 0 Å². The van der Waals surface area contributed by atoms with Crippen LogP contribution in [0.2, 0.25) is 0 Å². The van der Waals surface area contributed by atoms with E-state index in [0.717, 1.165) is 5.16 Å². The molecule has 90 valence electrons. The van der Waals surface area contributed by atoms with Crippen LogP contribution >= 0.6 is 11.8 Å². The third kappa shape index (κ3) is 2.99. The van der Waals surface area contributed by atoms with Crippen molar-refractivity contribution in [3.63, 3.8) is 0 Å². The molecule has 0 aliphatic rings. The zero-order valence-corrected chi connectivity index (χ0v) is 10.5. The third-order valence-corrected chi connectivity index (χ3v) is 3.68. The molecule has 0 saturated heterocycles. The standard InChI is InChI=1S/C10H17N3O2S/c1-4-12-10(2,8(14)15)7-16-9-11-5-6-13(9)3/h5-6,12H,4,7H2,1-3H3,(H,14,15). The zero-order valence-electron chi connectivity index (χ0n) is 9.73. The highest BCUT2D eigenvalue weighted by atomic mass is 32.2. The number of nitrogens with zero attached hydrogens (tertiary/aromatic N) is 2. The second kappa shape index (κ2) is 5.36. The van der Waals surface area contributed by atoms with Crippen molar-refractivity contribution in [2.75, 3.05) is 12.3 Å². The first kappa shape index (κ1) is 13.1. The monoisotopic (exact) mass is 243 g/mol. The van der Waals surface area contributed by atoms with E-state index in [4.69, 9.17) is 5.11 Å². The Morgan fingerprint density at radius 3 is 2.88 bits per heavy atom. The molecular formula is C10H17N3O2S. The summed E-state index contributed by atoms with van der Waals surface area (Å²) in [5.74, 6) is -0.392. The molecule has 0 spiro atoms. The molecule has 0 amide bonds. The molecule has 5 nitrogen and oxygen atoms in total. The van der Waals surface area contributed by atoms with Crippen molar-refractivity contribution in [1.29, 1.82) is 0 Å². The highest BCUT2D eigenvalue weighted by molar-refractivity contribution is 7.99. The number of hydrogen-bond acceptors (Lipinski definition) is 4. The van der Waals surface area contributed by atoms with E-state index in [2.05, 4.69) is 10.3 Å². The van der Waals surface area contributed by atoms with E-state index in [-0.39, 0.29) is 0 Å². The zero-order chi connectivity index (χ0) is 12.2. The minimum absolute atomic E-state index is 0.445. The molecule has 16 heavy (non-hydrogen) atoms. The van der Waals surface area contributed by atoms with Gasteiger partial charge in [0.25, 0.3) is 0 Å². The highest BCUT2D eigenvalue weighted by Crippen LogP contribution is 2.20. The van der Waals surface area contributed by atoms with Gasteiger partial charge in [0.15, 0.2) is 5.16 Å². The summed E-state index contributed by atoms with van der Waals surface area (Å²) in [6.07, 6.45) is 3.54. The van der Waals surface area contributed by atoms with E-state index in [1.165, 1.54) is 11.8 Å². The number of rotatable bonds is 6. The van der Waals surface area contributed by atoms with Gasteiger partial charge in [0.2, 0.25) is 0 Å². The number of aliphatic carboxylic acids is 1. The second-order valence-corrected chi connectivity index (χ2v) is 4.72. The smallest absolute Gasteiger partial charge is 0.324 e. The maximum atomic E-state index is 11.2. The van der Waals surface area contributed by atoms with Crippen LogP contribution in [-0.4, -0.2) is 38.5 Å². The van der Waals surface area contributed by atoms with Crippen LogP contribution in [0.15, 0.2) is 17.6 Å². The molecule has 0 fully saturated rings. The molecule has 0 bridgehead atoms. The van der Waals surface area contributed by atoms with Gasteiger partial charge < -0.3 is 15.0 Å². The SMILES string of the molecule is CCNC(C)(CSc1nccn1C)C(=O)O. The van der Waals surface area contributed by atoms with Crippen molar-refractivity contribution in [2.24, 2.45) is 7.05 Å². The fourth-order valence-corrected chi connectivity index (χ4v) is 2.32. The number of aromatic nitrogens is 2. The number of aryl methyl sites for hydroxylation is 1. The van der Waals surface area contributed by atoms with Crippen molar-refractivity contribution in [3.8, 4) is 0 Å². The molecule has 1 heterocycles. The van der Waals surface area contributed by atoms with Crippen LogP contribution in [0.5, 0.6) is 0 Å². The minimum Gasteiger partial charge on any atom is -0.480 e. The Morgan fingerprint density at radius 2 is 2.44 bits per heavy atom. The lowest BCUT2D eigenvalue weighted by Crippen LogP contribution is -2.51. The van der Waals surface area contributed by atoms with E-state index in [1.54, 1.807) is 13.1 Å². The largest absolute Gasteiger partial charge is 0.480 e. The van der Waals surface area contributed by atoms with Crippen molar-refractivity contribution < 1.29 is 9.90 Å². The average molecular weight is 243 g/mol. The Labute approximate surface area is 99.3 Å². The van der Waals surface area contributed by atoms with Crippen molar-refractivity contribution >= 4 is 17.7 Å². The van der Waals surface area contributed by atoms with Gasteiger partial charge in [-0.2, -0.15) is 0 Å². The van der Waals surface area contributed by atoms with Gasteiger partial charge in [-0.3, -0.25) is 4.79 Å². The number of carbonyl (C=O) groups is 1. The number of imidazole rings is 1. The van der Waals surface area contributed by atoms with Crippen molar-refractivity contribution in [3.05, 3.63) is 12.4 Å². The number of thioether (sulfide) groups is 1. The van der Waals surface area contributed by atoms with E-state index in [1.807, 2.05) is 24.7 Å². The molecular weight excluding hydrogens is 226 g/mol. The van der Waals surface area contributed by atoms with Gasteiger partial charge in [0.05, 0.1) is 0 Å². The van der Waals surface area contributed by atoms with E-state index in [9.17, 15) is 4.79 Å². The summed E-state index contributed by atoms with van der Waals surface area (Å²) in [4.78, 5) is 15.3. The van der Waals surface area contributed by atoms with Gasteiger partial charge in [0.1, 0.15) is 5.54 Å². The number of hydrogen-bond donors (Lipinski definition) is 2. The molecule has 2 N–H and O–H groups in total.